The average Bonchev–Trinajstić information content (AvgIpc) is 3.16. The Labute approximate surface area is 146 Å². The molecule has 2 atom stereocenters. The predicted octanol–water partition coefficient (Wildman–Crippen LogP) is 3.41. The van der Waals surface area contributed by atoms with Gasteiger partial charge in [-0.1, -0.05) is 36.4 Å². The van der Waals surface area contributed by atoms with Crippen LogP contribution in [0.15, 0.2) is 66.0 Å². The lowest BCUT2D eigenvalue weighted by atomic mass is 9.66. The van der Waals surface area contributed by atoms with Gasteiger partial charge in [-0.3, -0.25) is 14.5 Å². The number of hydrogen-bond acceptors (Lipinski definition) is 4. The molecule has 0 bridgehead atoms. The third-order valence-electron chi connectivity index (χ3n) is 4.70. The lowest BCUT2D eigenvalue weighted by Gasteiger charge is -2.41. The first kappa shape index (κ1) is 16.7. The molecule has 25 heavy (non-hydrogen) atoms. The van der Waals surface area contributed by atoms with Gasteiger partial charge in [0.05, 0.1) is 25.1 Å². The molecule has 0 radical (unpaired) electrons. The number of furan rings is 1. The van der Waals surface area contributed by atoms with Crippen LogP contribution in [0.5, 0.6) is 0 Å². The predicted molar refractivity (Wildman–Crippen MR) is 90.9 cm³/mol. The van der Waals surface area contributed by atoms with Crippen molar-refractivity contribution in [3.05, 3.63) is 72.7 Å². The number of piperidine rings is 1. The number of hydrogen-bond donors (Lipinski definition) is 0. The molecule has 0 unspecified atom stereocenters. The van der Waals surface area contributed by atoms with Gasteiger partial charge in [0.15, 0.2) is 0 Å². The highest BCUT2D eigenvalue weighted by atomic mass is 16.3. The molecular formula is C20H18N2O3. The van der Waals surface area contributed by atoms with Crippen molar-refractivity contribution in [2.75, 3.05) is 0 Å². The van der Waals surface area contributed by atoms with Gasteiger partial charge in [0.25, 0.3) is 5.91 Å². The summed E-state index contributed by atoms with van der Waals surface area (Å²) in [6.07, 6.45) is 4.80. The standard InChI is InChI=1S/C20H18N2O3/c1-2-9-20(14-21)17(16-8-10-25-13-16)11-18(23)22(19(20)24)12-15-6-4-3-5-7-15/h2-8,10,13,17H,1,9,11-12H2/t17-,20+/m0/s1. The summed E-state index contributed by atoms with van der Waals surface area (Å²) in [5.74, 6) is -1.29. The number of amides is 2. The molecule has 1 saturated heterocycles. The van der Waals surface area contributed by atoms with Crippen molar-refractivity contribution in [1.82, 2.24) is 4.90 Å². The number of benzene rings is 1. The van der Waals surface area contributed by atoms with E-state index < -0.39 is 17.2 Å². The van der Waals surface area contributed by atoms with Crippen molar-refractivity contribution < 1.29 is 14.0 Å². The normalized spacial score (nSPS) is 23.3. The van der Waals surface area contributed by atoms with Crippen LogP contribution in [0.2, 0.25) is 0 Å². The zero-order chi connectivity index (χ0) is 17.9. The molecule has 5 heteroatoms. The van der Waals surface area contributed by atoms with Crippen LogP contribution in [0.3, 0.4) is 0 Å². The average molecular weight is 334 g/mol. The van der Waals surface area contributed by atoms with E-state index in [9.17, 15) is 14.9 Å². The van der Waals surface area contributed by atoms with Crippen LogP contribution in [-0.2, 0) is 16.1 Å². The number of rotatable bonds is 5. The Morgan fingerprint density at radius 1 is 1.32 bits per heavy atom. The molecule has 1 aliphatic heterocycles. The third-order valence-corrected chi connectivity index (χ3v) is 4.70. The molecule has 126 valence electrons. The lowest BCUT2D eigenvalue weighted by molar-refractivity contribution is -0.157. The van der Waals surface area contributed by atoms with E-state index in [4.69, 9.17) is 4.42 Å². The first-order chi connectivity index (χ1) is 12.1. The Kier molecular flexibility index (Phi) is 4.53. The van der Waals surface area contributed by atoms with E-state index in [1.54, 1.807) is 12.1 Å². The molecule has 1 aliphatic rings. The van der Waals surface area contributed by atoms with Crippen LogP contribution in [0.4, 0.5) is 0 Å². The summed E-state index contributed by atoms with van der Waals surface area (Å²) in [5.41, 5.74) is 0.176. The number of likely N-dealkylation sites (tertiary alicyclic amines) is 1. The van der Waals surface area contributed by atoms with Crippen LogP contribution >= 0.6 is 0 Å². The van der Waals surface area contributed by atoms with Crippen molar-refractivity contribution in [3.63, 3.8) is 0 Å². The molecule has 1 aromatic carbocycles. The summed E-state index contributed by atoms with van der Waals surface area (Å²) < 4.78 is 5.11. The van der Waals surface area contributed by atoms with Gasteiger partial charge in [-0.25, -0.2) is 0 Å². The molecule has 1 aromatic heterocycles. The maximum absolute atomic E-state index is 13.2. The largest absolute Gasteiger partial charge is 0.472 e. The van der Waals surface area contributed by atoms with E-state index >= 15 is 0 Å². The second-order valence-corrected chi connectivity index (χ2v) is 6.16. The summed E-state index contributed by atoms with van der Waals surface area (Å²) in [5, 5.41) is 9.90. The smallest absolute Gasteiger partial charge is 0.250 e. The van der Waals surface area contributed by atoms with E-state index in [0.29, 0.717) is 5.56 Å². The Hall–Kier alpha value is -3.13. The molecule has 0 saturated carbocycles. The molecule has 2 amide bonds. The molecule has 2 heterocycles. The monoisotopic (exact) mass is 334 g/mol. The highest BCUT2D eigenvalue weighted by molar-refractivity contribution is 6.03. The SMILES string of the molecule is C=CC[C@]1(C#N)C(=O)N(Cc2ccccc2)C(=O)C[C@H]1c1ccoc1. The zero-order valence-electron chi connectivity index (χ0n) is 13.7. The fraction of sp³-hybridized carbons (Fsp3) is 0.250. The van der Waals surface area contributed by atoms with E-state index in [1.165, 1.54) is 17.4 Å². The second-order valence-electron chi connectivity index (χ2n) is 6.16. The van der Waals surface area contributed by atoms with E-state index in [1.807, 2.05) is 30.3 Å². The first-order valence-corrected chi connectivity index (χ1v) is 8.05. The van der Waals surface area contributed by atoms with Crippen LogP contribution < -0.4 is 0 Å². The Morgan fingerprint density at radius 3 is 2.68 bits per heavy atom. The van der Waals surface area contributed by atoms with Gasteiger partial charge >= 0.3 is 0 Å². The molecule has 1 fully saturated rings. The topological polar surface area (TPSA) is 74.3 Å². The van der Waals surface area contributed by atoms with Crippen LogP contribution in [0, 0.1) is 16.7 Å². The minimum Gasteiger partial charge on any atom is -0.472 e. The number of carbonyl (C=O) groups is 2. The molecule has 0 N–H and O–H groups in total. The molecular weight excluding hydrogens is 316 g/mol. The molecule has 3 rings (SSSR count). The summed E-state index contributed by atoms with van der Waals surface area (Å²) in [6.45, 7) is 3.86. The van der Waals surface area contributed by atoms with Gasteiger partial charge in [0, 0.05) is 12.3 Å². The number of imide groups is 1. The quantitative estimate of drug-likeness (QED) is 0.620. The van der Waals surface area contributed by atoms with Gasteiger partial charge < -0.3 is 4.42 Å². The zero-order valence-corrected chi connectivity index (χ0v) is 13.7. The number of nitriles is 1. The Bertz CT molecular complexity index is 820. The van der Waals surface area contributed by atoms with Gasteiger partial charge in [-0.05, 0) is 23.6 Å². The minimum atomic E-state index is -1.35. The summed E-state index contributed by atoms with van der Waals surface area (Å²) in [7, 11) is 0. The highest BCUT2D eigenvalue weighted by Gasteiger charge is 2.54. The first-order valence-electron chi connectivity index (χ1n) is 8.05. The minimum absolute atomic E-state index is 0.0828. The molecule has 0 spiro atoms. The van der Waals surface area contributed by atoms with E-state index in [0.717, 1.165) is 5.56 Å². The lowest BCUT2D eigenvalue weighted by Crippen LogP contribution is -2.54. The fourth-order valence-electron chi connectivity index (χ4n) is 3.39. The van der Waals surface area contributed by atoms with Crippen molar-refractivity contribution in [3.8, 4) is 6.07 Å². The van der Waals surface area contributed by atoms with Crippen molar-refractivity contribution >= 4 is 11.8 Å². The van der Waals surface area contributed by atoms with E-state index in [2.05, 4.69) is 12.6 Å². The van der Waals surface area contributed by atoms with Gasteiger partial charge in [-0.15, -0.1) is 6.58 Å². The van der Waals surface area contributed by atoms with Gasteiger partial charge in [0.1, 0.15) is 5.41 Å². The van der Waals surface area contributed by atoms with Crippen LogP contribution in [0.1, 0.15) is 29.9 Å². The van der Waals surface area contributed by atoms with Crippen molar-refractivity contribution in [1.29, 1.82) is 5.26 Å². The highest BCUT2D eigenvalue weighted by Crippen LogP contribution is 2.46. The molecule has 5 nitrogen and oxygen atoms in total. The molecule has 2 aromatic rings. The van der Waals surface area contributed by atoms with Crippen molar-refractivity contribution in [2.24, 2.45) is 5.41 Å². The summed E-state index contributed by atoms with van der Waals surface area (Å²) >= 11 is 0. The van der Waals surface area contributed by atoms with Gasteiger partial charge in [-0.2, -0.15) is 5.26 Å². The van der Waals surface area contributed by atoms with Crippen LogP contribution in [0.25, 0.3) is 0 Å². The van der Waals surface area contributed by atoms with Crippen LogP contribution in [-0.4, -0.2) is 16.7 Å². The Morgan fingerprint density at radius 2 is 2.08 bits per heavy atom. The Balaban J connectivity index is 2.00. The maximum Gasteiger partial charge on any atom is 0.250 e. The third kappa shape index (κ3) is 2.87. The number of carbonyl (C=O) groups excluding carboxylic acids is 2. The van der Waals surface area contributed by atoms with Gasteiger partial charge in [0.2, 0.25) is 5.91 Å². The summed E-state index contributed by atoms with van der Waals surface area (Å²) in [6, 6.07) is 13.2. The summed E-state index contributed by atoms with van der Waals surface area (Å²) in [4.78, 5) is 27.0. The molecule has 0 aliphatic carbocycles. The fourth-order valence-corrected chi connectivity index (χ4v) is 3.39. The second kappa shape index (κ2) is 6.78. The van der Waals surface area contributed by atoms with Crippen molar-refractivity contribution in [2.45, 2.75) is 25.3 Å². The number of nitrogens with zero attached hydrogens (tertiary/aromatic N) is 2. The number of allylic oxidation sites excluding steroid dienone is 1. The maximum atomic E-state index is 13.2. The van der Waals surface area contributed by atoms with E-state index in [-0.39, 0.29) is 25.3 Å².